The molecule has 1 aliphatic heterocycles. The van der Waals surface area contributed by atoms with Gasteiger partial charge in [-0.1, -0.05) is 30.3 Å². The molecule has 0 aliphatic carbocycles. The molecule has 0 spiro atoms. The average Bonchev–Trinajstić information content (AvgIpc) is 3.10. The number of cyclic esters (lactones) is 1. The quantitative estimate of drug-likeness (QED) is 0.251. The van der Waals surface area contributed by atoms with E-state index in [2.05, 4.69) is 27.6 Å². The van der Waals surface area contributed by atoms with Crippen molar-refractivity contribution in [3.63, 3.8) is 0 Å². The van der Waals surface area contributed by atoms with Crippen molar-refractivity contribution in [1.82, 2.24) is 0 Å². The van der Waals surface area contributed by atoms with E-state index in [1.165, 1.54) is 12.1 Å². The summed E-state index contributed by atoms with van der Waals surface area (Å²) in [6.45, 7) is 2.20. The maximum atomic E-state index is 13.4. The minimum absolute atomic E-state index is 0.197. The monoisotopic (exact) mass is 513 g/mol. The van der Waals surface area contributed by atoms with Crippen LogP contribution in [0.25, 0.3) is 6.08 Å². The van der Waals surface area contributed by atoms with Gasteiger partial charge in [-0.05, 0) is 83.1 Å². The van der Waals surface area contributed by atoms with Crippen LogP contribution in [0.15, 0.2) is 77.4 Å². The maximum absolute atomic E-state index is 13.4. The van der Waals surface area contributed by atoms with Gasteiger partial charge >= 0.3 is 5.97 Å². The van der Waals surface area contributed by atoms with Gasteiger partial charge in [0.15, 0.2) is 5.70 Å². The molecule has 0 bridgehead atoms. The van der Waals surface area contributed by atoms with Gasteiger partial charge in [0.2, 0.25) is 5.90 Å². The fraction of sp³-hybridized carbons (Fsp3) is 0.0833. The first-order valence-corrected chi connectivity index (χ1v) is 10.3. The molecule has 0 fully saturated rings. The predicted molar refractivity (Wildman–Crippen MR) is 122 cm³/mol. The van der Waals surface area contributed by atoms with E-state index in [4.69, 9.17) is 9.47 Å². The third kappa shape index (κ3) is 4.59. The van der Waals surface area contributed by atoms with Crippen LogP contribution in [0.2, 0.25) is 0 Å². The lowest BCUT2D eigenvalue weighted by molar-refractivity contribution is -0.129. The minimum atomic E-state index is -0.513. The SMILES string of the molecule is Cc1cc(C2=N/C(=C\c3ccccc3OCc3cccc(F)c3)C(=O)O2)ccc1I. The van der Waals surface area contributed by atoms with E-state index in [-0.39, 0.29) is 24.0 Å². The fourth-order valence-corrected chi connectivity index (χ4v) is 3.31. The Morgan fingerprint density at radius 2 is 1.93 bits per heavy atom. The summed E-state index contributed by atoms with van der Waals surface area (Å²) in [6.07, 6.45) is 1.63. The largest absolute Gasteiger partial charge is 0.488 e. The highest BCUT2D eigenvalue weighted by atomic mass is 127. The van der Waals surface area contributed by atoms with Crippen LogP contribution in [0, 0.1) is 16.3 Å². The Balaban J connectivity index is 1.59. The van der Waals surface area contributed by atoms with Gasteiger partial charge in [0, 0.05) is 14.7 Å². The number of esters is 1. The first-order chi connectivity index (χ1) is 14.5. The number of halogens is 2. The van der Waals surface area contributed by atoms with Crippen molar-refractivity contribution in [2.24, 2.45) is 4.99 Å². The van der Waals surface area contributed by atoms with Gasteiger partial charge in [-0.2, -0.15) is 0 Å². The summed E-state index contributed by atoms with van der Waals surface area (Å²) in [5, 5.41) is 0. The highest BCUT2D eigenvalue weighted by molar-refractivity contribution is 14.1. The van der Waals surface area contributed by atoms with E-state index in [9.17, 15) is 9.18 Å². The van der Waals surface area contributed by atoms with Crippen LogP contribution >= 0.6 is 22.6 Å². The molecule has 6 heteroatoms. The second-order valence-corrected chi connectivity index (χ2v) is 7.92. The number of aliphatic imine (C=N–C) groups is 1. The molecule has 30 heavy (non-hydrogen) atoms. The van der Waals surface area contributed by atoms with Crippen molar-refractivity contribution in [3.05, 3.63) is 104 Å². The molecule has 0 saturated carbocycles. The molecular formula is C24H17FINO3. The van der Waals surface area contributed by atoms with Crippen molar-refractivity contribution in [1.29, 1.82) is 0 Å². The van der Waals surface area contributed by atoms with Gasteiger partial charge in [-0.25, -0.2) is 14.2 Å². The van der Waals surface area contributed by atoms with Gasteiger partial charge < -0.3 is 9.47 Å². The fourth-order valence-electron chi connectivity index (χ4n) is 2.98. The molecule has 0 N–H and O–H groups in total. The first-order valence-electron chi connectivity index (χ1n) is 9.25. The molecule has 0 saturated heterocycles. The zero-order chi connectivity index (χ0) is 21.1. The minimum Gasteiger partial charge on any atom is -0.488 e. The average molecular weight is 513 g/mol. The topological polar surface area (TPSA) is 47.9 Å². The standard InChI is InChI=1S/C24H17FINO3/c1-15-11-18(9-10-20(15)26)23-27-21(24(28)30-23)13-17-6-2-3-8-22(17)29-14-16-5-4-7-19(25)12-16/h2-13H,14H2,1H3/b21-13-. The van der Waals surface area contributed by atoms with Gasteiger partial charge in [0.1, 0.15) is 18.2 Å². The molecule has 0 amide bonds. The lowest BCUT2D eigenvalue weighted by atomic mass is 10.1. The summed E-state index contributed by atoms with van der Waals surface area (Å²) in [4.78, 5) is 16.7. The van der Waals surface area contributed by atoms with Gasteiger partial charge in [-0.3, -0.25) is 0 Å². The molecule has 3 aromatic rings. The van der Waals surface area contributed by atoms with E-state index in [1.807, 2.05) is 43.3 Å². The maximum Gasteiger partial charge on any atom is 0.363 e. The Labute approximate surface area is 187 Å². The highest BCUT2D eigenvalue weighted by Gasteiger charge is 2.24. The number of carbonyl (C=O) groups is 1. The van der Waals surface area contributed by atoms with Crippen LogP contribution in [0.1, 0.15) is 22.3 Å². The molecule has 1 heterocycles. The lowest BCUT2D eigenvalue weighted by Gasteiger charge is -2.09. The smallest absolute Gasteiger partial charge is 0.363 e. The van der Waals surface area contributed by atoms with Crippen LogP contribution < -0.4 is 4.74 Å². The van der Waals surface area contributed by atoms with Crippen molar-refractivity contribution in [2.45, 2.75) is 13.5 Å². The van der Waals surface area contributed by atoms with Crippen LogP contribution in [0.4, 0.5) is 4.39 Å². The summed E-state index contributed by atoms with van der Waals surface area (Å²) in [7, 11) is 0. The summed E-state index contributed by atoms with van der Waals surface area (Å²) in [5.41, 5.74) is 3.43. The number of aryl methyl sites for hydroxylation is 1. The van der Waals surface area contributed by atoms with Crippen LogP contribution in [0.3, 0.4) is 0 Å². The molecule has 150 valence electrons. The molecule has 0 unspecified atom stereocenters. The Hall–Kier alpha value is -3.00. The molecule has 4 rings (SSSR count). The number of hydrogen-bond acceptors (Lipinski definition) is 4. The molecule has 3 aromatic carbocycles. The summed E-state index contributed by atoms with van der Waals surface area (Å²) in [5.74, 6) is 0.0220. The number of rotatable bonds is 5. The van der Waals surface area contributed by atoms with Crippen LogP contribution in [-0.2, 0) is 16.1 Å². The molecule has 0 radical (unpaired) electrons. The number of para-hydroxylation sites is 1. The van der Waals surface area contributed by atoms with Crippen LogP contribution in [-0.4, -0.2) is 11.9 Å². The molecule has 0 atom stereocenters. The Kier molecular flexibility index (Phi) is 5.94. The van der Waals surface area contributed by atoms with Crippen molar-refractivity contribution in [2.75, 3.05) is 0 Å². The third-order valence-corrected chi connectivity index (χ3v) is 5.73. The summed E-state index contributed by atoms with van der Waals surface area (Å²) in [6, 6.07) is 19.3. The van der Waals surface area contributed by atoms with Gasteiger partial charge in [-0.15, -0.1) is 0 Å². The Bertz CT molecular complexity index is 1190. The van der Waals surface area contributed by atoms with Gasteiger partial charge in [0.05, 0.1) is 0 Å². The molecule has 1 aliphatic rings. The Morgan fingerprint density at radius 1 is 1.10 bits per heavy atom. The zero-order valence-corrected chi connectivity index (χ0v) is 18.2. The highest BCUT2D eigenvalue weighted by Crippen LogP contribution is 2.26. The second-order valence-electron chi connectivity index (χ2n) is 6.76. The van der Waals surface area contributed by atoms with Crippen molar-refractivity contribution >= 4 is 40.5 Å². The number of nitrogens with zero attached hydrogens (tertiary/aromatic N) is 1. The lowest BCUT2D eigenvalue weighted by Crippen LogP contribution is -2.05. The van der Waals surface area contributed by atoms with Crippen molar-refractivity contribution in [3.8, 4) is 5.75 Å². The molecular weight excluding hydrogens is 496 g/mol. The normalized spacial score (nSPS) is 14.6. The number of benzene rings is 3. The Morgan fingerprint density at radius 3 is 2.73 bits per heavy atom. The second kappa shape index (κ2) is 8.79. The zero-order valence-electron chi connectivity index (χ0n) is 16.1. The van der Waals surface area contributed by atoms with Gasteiger partial charge in [0.25, 0.3) is 0 Å². The van der Waals surface area contributed by atoms with E-state index < -0.39 is 5.97 Å². The van der Waals surface area contributed by atoms with E-state index in [0.717, 1.165) is 14.7 Å². The third-order valence-electron chi connectivity index (χ3n) is 4.52. The van der Waals surface area contributed by atoms with E-state index in [1.54, 1.807) is 24.3 Å². The number of carbonyl (C=O) groups excluding carboxylic acids is 1. The summed E-state index contributed by atoms with van der Waals surface area (Å²) < 4.78 is 25.7. The van der Waals surface area contributed by atoms with E-state index >= 15 is 0 Å². The van der Waals surface area contributed by atoms with E-state index in [0.29, 0.717) is 16.9 Å². The molecule has 4 nitrogen and oxygen atoms in total. The predicted octanol–water partition coefficient (Wildman–Crippen LogP) is 5.66. The number of hydrogen-bond donors (Lipinski definition) is 0. The first kappa shape index (κ1) is 20.3. The van der Waals surface area contributed by atoms with Crippen molar-refractivity contribution < 1.29 is 18.7 Å². The summed E-state index contributed by atoms with van der Waals surface area (Å²) >= 11 is 2.25. The molecule has 0 aromatic heterocycles. The van der Waals surface area contributed by atoms with Crippen LogP contribution in [0.5, 0.6) is 5.75 Å². The number of ether oxygens (including phenoxy) is 2.